The van der Waals surface area contributed by atoms with Gasteiger partial charge in [-0.25, -0.2) is 4.79 Å². The van der Waals surface area contributed by atoms with E-state index in [1.807, 2.05) is 0 Å². The fourth-order valence-electron chi connectivity index (χ4n) is 4.63. The van der Waals surface area contributed by atoms with E-state index in [1.165, 1.54) is 6.42 Å². The zero-order valence-electron chi connectivity index (χ0n) is 20.7. The van der Waals surface area contributed by atoms with E-state index in [4.69, 9.17) is 9.47 Å². The van der Waals surface area contributed by atoms with Crippen molar-refractivity contribution in [2.75, 3.05) is 46.2 Å². The topological polar surface area (TPSA) is 83.1 Å². The number of ether oxygens (including phenoxy) is 2. The fourth-order valence-corrected chi connectivity index (χ4v) is 4.63. The summed E-state index contributed by atoms with van der Waals surface area (Å²) in [5, 5.41) is 5.95. The van der Waals surface area contributed by atoms with Crippen molar-refractivity contribution in [3.63, 3.8) is 0 Å². The summed E-state index contributed by atoms with van der Waals surface area (Å²) in [4.78, 5) is 29.8. The van der Waals surface area contributed by atoms with Gasteiger partial charge in [0.25, 0.3) is 5.91 Å². The van der Waals surface area contributed by atoms with Gasteiger partial charge in [0.1, 0.15) is 12.4 Å². The van der Waals surface area contributed by atoms with Crippen LogP contribution in [0.2, 0.25) is 0 Å². The molecule has 0 unspecified atom stereocenters. The van der Waals surface area contributed by atoms with Gasteiger partial charge in [0.05, 0.1) is 11.7 Å². The molecule has 1 aliphatic heterocycles. The number of anilines is 1. The highest BCUT2D eigenvalue weighted by Crippen LogP contribution is 2.26. The first kappa shape index (κ1) is 25.3. The number of amides is 3. The van der Waals surface area contributed by atoms with Crippen LogP contribution in [0.4, 0.5) is 10.5 Å². The number of fused-ring (bicyclic) bond motifs is 1. The fraction of sp³-hybridized carbons (Fsp3) is 0.680. The van der Waals surface area contributed by atoms with Crippen molar-refractivity contribution >= 4 is 17.6 Å². The molecule has 1 aliphatic carbocycles. The number of rotatable bonds is 3. The molecule has 3 atom stereocenters. The lowest BCUT2D eigenvalue weighted by molar-refractivity contribution is 0.0150. The van der Waals surface area contributed by atoms with Crippen molar-refractivity contribution in [2.45, 2.75) is 64.1 Å². The highest BCUT2D eigenvalue weighted by molar-refractivity contribution is 5.99. The molecule has 0 radical (unpaired) electrons. The third-order valence-electron chi connectivity index (χ3n) is 6.95. The molecule has 3 rings (SSSR count). The average Bonchev–Trinajstić information content (AvgIpc) is 2.80. The van der Waals surface area contributed by atoms with E-state index in [0.717, 1.165) is 32.2 Å². The molecule has 1 heterocycles. The molecule has 184 valence electrons. The molecule has 3 amide bonds. The molecule has 1 saturated carbocycles. The Morgan fingerprint density at radius 1 is 1.12 bits per heavy atom. The number of carbonyl (C=O) groups excluding carboxylic acids is 2. The van der Waals surface area contributed by atoms with Crippen molar-refractivity contribution in [1.29, 1.82) is 0 Å². The molecule has 33 heavy (non-hydrogen) atoms. The monoisotopic (exact) mass is 460 g/mol. The molecule has 8 nitrogen and oxygen atoms in total. The zero-order chi connectivity index (χ0) is 24.0. The van der Waals surface area contributed by atoms with Gasteiger partial charge in [-0.1, -0.05) is 26.2 Å². The van der Waals surface area contributed by atoms with Crippen LogP contribution in [-0.4, -0.2) is 80.8 Å². The van der Waals surface area contributed by atoms with Gasteiger partial charge in [-0.2, -0.15) is 0 Å². The molecule has 0 bridgehead atoms. The van der Waals surface area contributed by atoms with Crippen LogP contribution in [0.25, 0.3) is 0 Å². The van der Waals surface area contributed by atoms with E-state index in [9.17, 15) is 9.59 Å². The number of hydrogen-bond acceptors (Lipinski definition) is 5. The third-order valence-corrected chi connectivity index (χ3v) is 6.95. The molecule has 2 aliphatic rings. The quantitative estimate of drug-likeness (QED) is 0.721. The molecule has 1 fully saturated rings. The highest BCUT2D eigenvalue weighted by Gasteiger charge is 2.27. The van der Waals surface area contributed by atoms with Crippen LogP contribution in [0.5, 0.6) is 5.75 Å². The smallest absolute Gasteiger partial charge is 0.319 e. The second kappa shape index (κ2) is 11.7. The Hall–Kier alpha value is -2.32. The molecular weight excluding hydrogens is 420 g/mol. The van der Waals surface area contributed by atoms with Crippen LogP contribution >= 0.6 is 0 Å². The van der Waals surface area contributed by atoms with Crippen LogP contribution < -0.4 is 15.4 Å². The lowest BCUT2D eigenvalue weighted by Crippen LogP contribution is -2.45. The van der Waals surface area contributed by atoms with Gasteiger partial charge in [0.2, 0.25) is 0 Å². The second-order valence-electron chi connectivity index (χ2n) is 9.68. The van der Waals surface area contributed by atoms with E-state index in [0.29, 0.717) is 30.2 Å². The lowest BCUT2D eigenvalue weighted by Gasteiger charge is -2.34. The van der Waals surface area contributed by atoms with E-state index in [2.05, 4.69) is 36.4 Å². The first-order valence-electron chi connectivity index (χ1n) is 12.1. The third kappa shape index (κ3) is 6.84. The van der Waals surface area contributed by atoms with Crippen molar-refractivity contribution < 1.29 is 19.1 Å². The summed E-state index contributed by atoms with van der Waals surface area (Å²) in [6, 6.07) is 5.41. The van der Waals surface area contributed by atoms with Gasteiger partial charge < -0.3 is 25.0 Å². The minimum Gasteiger partial charge on any atom is -0.491 e. The summed E-state index contributed by atoms with van der Waals surface area (Å²) in [7, 11) is 5.55. The Bertz CT molecular complexity index is 812. The minimum absolute atomic E-state index is 0.0834. The van der Waals surface area contributed by atoms with E-state index in [1.54, 1.807) is 37.3 Å². The van der Waals surface area contributed by atoms with Gasteiger partial charge in [-0.05, 0) is 50.9 Å². The number of methoxy groups -OCH3 is 1. The Morgan fingerprint density at radius 2 is 1.85 bits per heavy atom. The predicted octanol–water partition coefficient (Wildman–Crippen LogP) is 3.58. The van der Waals surface area contributed by atoms with E-state index in [-0.39, 0.29) is 36.0 Å². The summed E-state index contributed by atoms with van der Waals surface area (Å²) in [6.45, 7) is 6.03. The Labute approximate surface area is 198 Å². The van der Waals surface area contributed by atoms with Crippen molar-refractivity contribution in [3.05, 3.63) is 23.8 Å². The van der Waals surface area contributed by atoms with Gasteiger partial charge >= 0.3 is 6.03 Å². The van der Waals surface area contributed by atoms with Gasteiger partial charge in [0, 0.05) is 45.0 Å². The molecular formula is C25H40N4O4. The number of benzene rings is 1. The van der Waals surface area contributed by atoms with Crippen molar-refractivity contribution in [3.8, 4) is 5.75 Å². The Morgan fingerprint density at radius 3 is 2.55 bits per heavy atom. The summed E-state index contributed by atoms with van der Waals surface area (Å²) >= 11 is 0. The molecule has 1 aromatic rings. The Balaban J connectivity index is 1.80. The molecule has 2 N–H and O–H groups in total. The summed E-state index contributed by atoms with van der Waals surface area (Å²) in [6.07, 6.45) is 5.48. The van der Waals surface area contributed by atoms with Crippen molar-refractivity contribution in [2.24, 2.45) is 5.92 Å². The number of nitrogens with zero attached hydrogens (tertiary/aromatic N) is 2. The standard InChI is InChI=1S/C25H40N4O4/c1-17-14-28(3)18(2)16-33-22-12-11-20(27-25(31)26-19-9-7-6-8-10-19)13-21(22)24(30)29(4)15-23(17)32-5/h11-13,17-19,23H,6-10,14-16H2,1-5H3,(H2,26,27,31)/t17-,18+,23-/m0/s1. The molecule has 0 aromatic heterocycles. The maximum atomic E-state index is 13.4. The molecule has 0 spiro atoms. The minimum atomic E-state index is -0.236. The number of carbonyl (C=O) groups is 2. The summed E-state index contributed by atoms with van der Waals surface area (Å²) in [5.41, 5.74) is 1.01. The van der Waals surface area contributed by atoms with Gasteiger partial charge in [-0.3, -0.25) is 9.69 Å². The second-order valence-corrected chi connectivity index (χ2v) is 9.68. The zero-order valence-corrected chi connectivity index (χ0v) is 20.7. The largest absolute Gasteiger partial charge is 0.491 e. The Kier molecular flexibility index (Phi) is 8.97. The van der Waals surface area contributed by atoms with Crippen LogP contribution in [0.3, 0.4) is 0 Å². The van der Waals surface area contributed by atoms with Crippen molar-refractivity contribution in [1.82, 2.24) is 15.1 Å². The number of likely N-dealkylation sites (N-methyl/N-ethyl adjacent to an activating group) is 2. The number of urea groups is 1. The van der Waals surface area contributed by atoms with Gasteiger partial charge in [0.15, 0.2) is 0 Å². The SMILES string of the molecule is CO[C@H]1CN(C)C(=O)c2cc(NC(=O)NC3CCCCC3)ccc2OC[C@@H](C)N(C)C[C@@H]1C. The van der Waals surface area contributed by atoms with E-state index >= 15 is 0 Å². The number of nitrogens with one attached hydrogen (secondary N) is 2. The molecule has 1 aromatic carbocycles. The summed E-state index contributed by atoms with van der Waals surface area (Å²) in [5.74, 6) is 0.609. The summed E-state index contributed by atoms with van der Waals surface area (Å²) < 4.78 is 11.8. The lowest BCUT2D eigenvalue weighted by atomic mass is 9.96. The van der Waals surface area contributed by atoms with Gasteiger partial charge in [-0.15, -0.1) is 0 Å². The maximum absolute atomic E-state index is 13.4. The first-order chi connectivity index (χ1) is 15.8. The average molecular weight is 461 g/mol. The van der Waals surface area contributed by atoms with Crippen LogP contribution in [0.15, 0.2) is 18.2 Å². The molecule has 8 heteroatoms. The predicted molar refractivity (Wildman–Crippen MR) is 130 cm³/mol. The highest BCUT2D eigenvalue weighted by atomic mass is 16.5. The number of hydrogen-bond donors (Lipinski definition) is 2. The van der Waals surface area contributed by atoms with Crippen LogP contribution in [0, 0.1) is 5.92 Å². The van der Waals surface area contributed by atoms with E-state index < -0.39 is 0 Å². The van der Waals surface area contributed by atoms with Crippen LogP contribution in [-0.2, 0) is 4.74 Å². The normalized spacial score (nSPS) is 25.9. The first-order valence-corrected chi connectivity index (χ1v) is 12.1. The molecule has 0 saturated heterocycles. The maximum Gasteiger partial charge on any atom is 0.319 e. The van der Waals surface area contributed by atoms with Crippen LogP contribution in [0.1, 0.15) is 56.3 Å².